The summed E-state index contributed by atoms with van der Waals surface area (Å²) >= 11 is 0. The van der Waals surface area contributed by atoms with Crippen LogP contribution in [0.1, 0.15) is 19.4 Å². The van der Waals surface area contributed by atoms with Gasteiger partial charge in [-0.2, -0.15) is 5.10 Å². The molecule has 0 aliphatic rings. The van der Waals surface area contributed by atoms with Crippen molar-refractivity contribution in [3.05, 3.63) is 30.5 Å². The summed E-state index contributed by atoms with van der Waals surface area (Å²) in [6.07, 6.45) is 7.80. The summed E-state index contributed by atoms with van der Waals surface area (Å²) in [6.45, 7) is 4.31. The van der Waals surface area contributed by atoms with Gasteiger partial charge in [-0.3, -0.25) is 4.57 Å². The van der Waals surface area contributed by atoms with E-state index in [9.17, 15) is 4.57 Å². The van der Waals surface area contributed by atoms with Gasteiger partial charge in [0.15, 0.2) is 0 Å². The summed E-state index contributed by atoms with van der Waals surface area (Å²) in [4.78, 5) is 8.33. The molecule has 0 fully saturated rings. The van der Waals surface area contributed by atoms with E-state index in [0.29, 0.717) is 31.6 Å². The molecule has 0 atom stereocenters. The minimum Gasteiger partial charge on any atom is -0.383 e. The van der Waals surface area contributed by atoms with Crippen LogP contribution < -0.4 is 5.73 Å². The highest BCUT2D eigenvalue weighted by Crippen LogP contribution is 2.48. The Morgan fingerprint density at radius 2 is 1.92 bits per heavy atom. The van der Waals surface area contributed by atoms with Crippen LogP contribution in [0.3, 0.4) is 0 Å². The summed E-state index contributed by atoms with van der Waals surface area (Å²) in [5.74, 6) is 0.403. The van der Waals surface area contributed by atoms with Gasteiger partial charge in [0.05, 0.1) is 36.6 Å². The average Bonchev–Trinajstić information content (AvgIpc) is 3.19. The van der Waals surface area contributed by atoms with Gasteiger partial charge >= 0.3 is 7.60 Å². The number of aryl methyl sites for hydroxylation is 2. The molecule has 3 rings (SSSR count). The molecule has 0 amide bonds. The third kappa shape index (κ3) is 3.65. The summed E-state index contributed by atoms with van der Waals surface area (Å²) in [5.41, 5.74) is 8.48. The number of rotatable bonds is 8. The lowest BCUT2D eigenvalue weighted by Crippen LogP contribution is -2.02. The molecule has 10 heteroatoms. The monoisotopic (exact) mass is 378 g/mol. The van der Waals surface area contributed by atoms with Crippen LogP contribution in [0.15, 0.2) is 24.9 Å². The van der Waals surface area contributed by atoms with Crippen molar-refractivity contribution in [1.29, 1.82) is 0 Å². The van der Waals surface area contributed by atoms with Crippen LogP contribution in [-0.2, 0) is 27.1 Å². The van der Waals surface area contributed by atoms with Crippen molar-refractivity contribution in [2.75, 3.05) is 25.1 Å². The van der Waals surface area contributed by atoms with E-state index in [4.69, 9.17) is 14.8 Å². The maximum atomic E-state index is 12.6. The molecule has 0 bridgehead atoms. The average molecular weight is 378 g/mol. The van der Waals surface area contributed by atoms with Gasteiger partial charge in [0.1, 0.15) is 17.8 Å². The van der Waals surface area contributed by atoms with Crippen LogP contribution in [0.25, 0.3) is 16.7 Å². The van der Waals surface area contributed by atoms with Crippen molar-refractivity contribution >= 4 is 24.4 Å². The van der Waals surface area contributed by atoms with Crippen LogP contribution in [0.5, 0.6) is 0 Å². The first-order chi connectivity index (χ1) is 12.5. The Morgan fingerprint density at radius 3 is 2.62 bits per heavy atom. The van der Waals surface area contributed by atoms with Crippen molar-refractivity contribution < 1.29 is 13.6 Å². The Balaban J connectivity index is 1.84. The van der Waals surface area contributed by atoms with Crippen LogP contribution >= 0.6 is 7.60 Å². The van der Waals surface area contributed by atoms with Crippen molar-refractivity contribution in [2.45, 2.75) is 20.3 Å². The summed E-state index contributed by atoms with van der Waals surface area (Å²) in [6, 6.07) is 0. The zero-order chi connectivity index (χ0) is 18.7. The third-order valence-electron chi connectivity index (χ3n) is 3.97. The van der Waals surface area contributed by atoms with Gasteiger partial charge in [-0.1, -0.05) is 0 Å². The van der Waals surface area contributed by atoms with Gasteiger partial charge in [0.25, 0.3) is 0 Å². The first-order valence-electron chi connectivity index (χ1n) is 8.45. The molecule has 26 heavy (non-hydrogen) atoms. The Labute approximate surface area is 151 Å². The molecule has 9 nitrogen and oxygen atoms in total. The van der Waals surface area contributed by atoms with Gasteiger partial charge < -0.3 is 19.3 Å². The lowest BCUT2D eigenvalue weighted by atomic mass is 10.3. The normalized spacial score (nSPS) is 12.1. The van der Waals surface area contributed by atoms with E-state index in [1.165, 1.54) is 6.33 Å². The van der Waals surface area contributed by atoms with Crippen LogP contribution in [0.2, 0.25) is 0 Å². The highest BCUT2D eigenvalue weighted by molar-refractivity contribution is 7.53. The summed E-state index contributed by atoms with van der Waals surface area (Å²) in [5, 5.41) is 5.15. The van der Waals surface area contributed by atoms with E-state index >= 15 is 0 Å². The molecule has 0 saturated heterocycles. The number of anilines is 1. The van der Waals surface area contributed by atoms with Crippen molar-refractivity contribution in [2.24, 2.45) is 7.05 Å². The number of nitrogens with zero attached hydrogens (tertiary/aromatic N) is 5. The Morgan fingerprint density at radius 1 is 1.19 bits per heavy atom. The molecule has 3 aromatic heterocycles. The number of aromatic nitrogens is 5. The number of nitrogens with two attached hydrogens (primary N) is 1. The Kier molecular flexibility index (Phi) is 5.41. The molecule has 0 unspecified atom stereocenters. The SMILES string of the molecule is CCOP(=O)(CCc1cnn(-c2cn(C)c3ncnc(N)c23)c1)OCC. The van der Waals surface area contributed by atoms with E-state index < -0.39 is 7.60 Å². The second kappa shape index (κ2) is 7.57. The topological polar surface area (TPSA) is 110 Å². The first kappa shape index (κ1) is 18.6. The quantitative estimate of drug-likeness (QED) is 0.600. The van der Waals surface area contributed by atoms with Gasteiger partial charge in [0, 0.05) is 19.4 Å². The number of fused-ring (bicyclic) bond motifs is 1. The lowest BCUT2D eigenvalue weighted by Gasteiger charge is -2.16. The van der Waals surface area contributed by atoms with Crippen molar-refractivity contribution in [3.63, 3.8) is 0 Å². The predicted octanol–water partition coefficient (Wildman–Crippen LogP) is 2.54. The maximum absolute atomic E-state index is 12.6. The van der Waals surface area contributed by atoms with Crippen LogP contribution in [0.4, 0.5) is 5.82 Å². The minimum absolute atomic E-state index is 0.307. The maximum Gasteiger partial charge on any atom is 0.330 e. The first-order valence-corrected chi connectivity index (χ1v) is 10.2. The largest absolute Gasteiger partial charge is 0.383 e. The molecule has 140 valence electrons. The highest BCUT2D eigenvalue weighted by atomic mass is 31.2. The third-order valence-corrected chi connectivity index (χ3v) is 6.05. The molecule has 0 aliphatic heterocycles. The van der Waals surface area contributed by atoms with Gasteiger partial charge in [-0.05, 0) is 25.8 Å². The van der Waals surface area contributed by atoms with Gasteiger partial charge in [-0.25, -0.2) is 14.6 Å². The molecule has 2 N–H and O–H groups in total. The number of hydrogen-bond acceptors (Lipinski definition) is 7. The molecular weight excluding hydrogens is 355 g/mol. The predicted molar refractivity (Wildman–Crippen MR) is 99.5 cm³/mol. The second-order valence-corrected chi connectivity index (χ2v) is 7.98. The number of nitrogen functional groups attached to an aromatic ring is 1. The standard InChI is InChI=1S/C16H23N6O3P/c1-4-24-26(23,25-5-2)7-6-12-8-20-22(9-12)13-10-21(3)16-14(13)15(17)18-11-19-16/h8-11H,4-7H2,1-3H3,(H2,17,18,19). The van der Waals surface area contributed by atoms with E-state index in [2.05, 4.69) is 15.1 Å². The Bertz CT molecular complexity index is 941. The fourth-order valence-corrected chi connectivity index (χ4v) is 4.48. The van der Waals surface area contributed by atoms with Crippen LogP contribution in [-0.4, -0.2) is 43.7 Å². The van der Waals surface area contributed by atoms with E-state index in [1.54, 1.807) is 24.7 Å². The molecule has 0 aliphatic carbocycles. The lowest BCUT2D eigenvalue weighted by molar-refractivity contribution is 0.220. The van der Waals surface area contributed by atoms with E-state index in [0.717, 1.165) is 22.3 Å². The van der Waals surface area contributed by atoms with Crippen molar-refractivity contribution in [3.8, 4) is 5.69 Å². The van der Waals surface area contributed by atoms with Crippen molar-refractivity contribution in [1.82, 2.24) is 24.3 Å². The summed E-state index contributed by atoms with van der Waals surface area (Å²) < 4.78 is 26.8. The molecule has 0 spiro atoms. The Hall–Kier alpha value is -2.22. The molecule has 3 aromatic rings. The highest BCUT2D eigenvalue weighted by Gasteiger charge is 2.23. The smallest absolute Gasteiger partial charge is 0.330 e. The fourth-order valence-electron chi connectivity index (χ4n) is 2.83. The fraction of sp³-hybridized carbons (Fsp3) is 0.438. The molecule has 0 radical (unpaired) electrons. The van der Waals surface area contributed by atoms with E-state index in [-0.39, 0.29) is 0 Å². The zero-order valence-corrected chi connectivity index (χ0v) is 16.0. The molecule has 0 aromatic carbocycles. The zero-order valence-electron chi connectivity index (χ0n) is 15.1. The number of hydrogen-bond donors (Lipinski definition) is 1. The van der Waals surface area contributed by atoms with Crippen LogP contribution in [0, 0.1) is 0 Å². The van der Waals surface area contributed by atoms with E-state index in [1.807, 2.05) is 24.0 Å². The molecular formula is C16H23N6O3P. The summed E-state index contributed by atoms with van der Waals surface area (Å²) in [7, 11) is -1.18. The molecule has 3 heterocycles. The minimum atomic E-state index is -3.07. The second-order valence-electron chi connectivity index (χ2n) is 5.80. The van der Waals surface area contributed by atoms with Gasteiger partial charge in [0.2, 0.25) is 0 Å². The van der Waals surface area contributed by atoms with Gasteiger partial charge in [-0.15, -0.1) is 0 Å². The molecule has 0 saturated carbocycles.